The minimum absolute atomic E-state index is 0.147. The highest BCUT2D eigenvalue weighted by molar-refractivity contribution is 5.95. The zero-order valence-electron chi connectivity index (χ0n) is 18.3. The second kappa shape index (κ2) is 11.0. The molecule has 168 valence electrons. The Morgan fingerprint density at radius 3 is 2.71 bits per heavy atom. The average molecular weight is 430 g/mol. The summed E-state index contributed by atoms with van der Waals surface area (Å²) < 4.78 is 13.0. The Morgan fingerprint density at radius 2 is 1.97 bits per heavy atom. The van der Waals surface area contributed by atoms with Gasteiger partial charge in [-0.1, -0.05) is 19.8 Å². The van der Waals surface area contributed by atoms with E-state index in [1.165, 1.54) is 18.6 Å². The van der Waals surface area contributed by atoms with Gasteiger partial charge in [-0.15, -0.1) is 0 Å². The number of nitrogens with one attached hydrogen (secondary N) is 3. The molecule has 1 aliphatic carbocycles. The van der Waals surface area contributed by atoms with E-state index in [2.05, 4.69) is 27.8 Å². The van der Waals surface area contributed by atoms with Gasteiger partial charge in [0, 0.05) is 17.3 Å². The first-order chi connectivity index (χ1) is 14.9. The van der Waals surface area contributed by atoms with Crippen molar-refractivity contribution in [1.82, 2.24) is 25.7 Å². The Labute approximate surface area is 182 Å². The summed E-state index contributed by atoms with van der Waals surface area (Å²) in [5.41, 5.74) is 2.62. The van der Waals surface area contributed by atoms with Crippen molar-refractivity contribution in [3.05, 3.63) is 41.8 Å². The van der Waals surface area contributed by atoms with Crippen LogP contribution in [0.3, 0.4) is 0 Å². The number of hydrogen-bond donors (Lipinski definition) is 3. The third-order valence-electron chi connectivity index (χ3n) is 5.85. The fraction of sp³-hybridized carbons (Fsp3) is 0.522. The minimum atomic E-state index is -0.400. The van der Waals surface area contributed by atoms with Crippen LogP contribution in [0.15, 0.2) is 30.3 Å². The first kappa shape index (κ1) is 22.9. The topological polar surface area (TPSA) is 90.1 Å². The second-order valence-corrected chi connectivity index (χ2v) is 8.52. The fourth-order valence-electron chi connectivity index (χ4n) is 4.02. The van der Waals surface area contributed by atoms with Gasteiger partial charge in [-0.3, -0.25) is 20.1 Å². The largest absolute Gasteiger partial charge is 0.335 e. The monoisotopic (exact) mass is 429 g/mol. The lowest BCUT2D eigenvalue weighted by Gasteiger charge is -2.29. The summed E-state index contributed by atoms with van der Waals surface area (Å²) in [4.78, 5) is 26.1. The highest BCUT2D eigenvalue weighted by Crippen LogP contribution is 2.23. The average Bonchev–Trinajstić information content (AvgIpc) is 3.19. The Balaban J connectivity index is 1.35. The van der Waals surface area contributed by atoms with E-state index < -0.39 is 6.03 Å². The number of rotatable bonds is 8. The lowest BCUT2D eigenvalue weighted by molar-refractivity contribution is -0.120. The van der Waals surface area contributed by atoms with Gasteiger partial charge >= 0.3 is 6.03 Å². The number of H-pyrrole nitrogens is 1. The molecule has 1 fully saturated rings. The van der Waals surface area contributed by atoms with Crippen LogP contribution in [-0.4, -0.2) is 53.2 Å². The molecule has 2 unspecified atom stereocenters. The van der Waals surface area contributed by atoms with Gasteiger partial charge in [0.05, 0.1) is 12.2 Å². The smallest absolute Gasteiger partial charge is 0.321 e. The van der Waals surface area contributed by atoms with Crippen molar-refractivity contribution in [2.24, 2.45) is 5.92 Å². The molecular weight excluding hydrogens is 397 g/mol. The van der Waals surface area contributed by atoms with Crippen LogP contribution in [-0.2, 0) is 11.2 Å². The summed E-state index contributed by atoms with van der Waals surface area (Å²) in [5.74, 6) is -0.125. The van der Waals surface area contributed by atoms with Gasteiger partial charge in [0.25, 0.3) is 0 Å². The van der Waals surface area contributed by atoms with Crippen LogP contribution in [0.25, 0.3) is 11.3 Å². The van der Waals surface area contributed by atoms with Gasteiger partial charge in [-0.2, -0.15) is 5.10 Å². The second-order valence-electron chi connectivity index (χ2n) is 8.52. The molecular formula is C23H32FN5O2. The minimum Gasteiger partial charge on any atom is -0.335 e. The lowest BCUT2D eigenvalue weighted by Crippen LogP contribution is -2.49. The van der Waals surface area contributed by atoms with E-state index in [1.54, 1.807) is 12.1 Å². The quantitative estimate of drug-likeness (QED) is 0.599. The number of aromatic nitrogens is 2. The standard InChI is InChI=1S/C23H32FN5O2/c1-16-6-3-4-8-20(16)25-23(31)26-22(30)15-29(2)13-5-7-19-14-21(28-27-19)17-9-11-18(24)12-10-17/h9-12,14,16,20H,3-8,13,15H2,1-2H3,(H,27,28)(H2,25,26,30,31). The Kier molecular flexibility index (Phi) is 8.17. The maximum atomic E-state index is 13.0. The van der Waals surface area contributed by atoms with Gasteiger partial charge in [0.15, 0.2) is 0 Å². The number of urea groups is 1. The van der Waals surface area contributed by atoms with Gasteiger partial charge < -0.3 is 5.32 Å². The maximum absolute atomic E-state index is 13.0. The third kappa shape index (κ3) is 7.17. The third-order valence-corrected chi connectivity index (χ3v) is 5.85. The first-order valence-electron chi connectivity index (χ1n) is 11.0. The summed E-state index contributed by atoms with van der Waals surface area (Å²) in [7, 11) is 1.86. The number of hydrogen-bond acceptors (Lipinski definition) is 4. The van der Waals surface area contributed by atoms with E-state index in [0.717, 1.165) is 49.1 Å². The van der Waals surface area contributed by atoms with Crippen molar-refractivity contribution in [3.63, 3.8) is 0 Å². The van der Waals surface area contributed by atoms with E-state index in [9.17, 15) is 14.0 Å². The van der Waals surface area contributed by atoms with Crippen LogP contribution >= 0.6 is 0 Å². The SMILES string of the molecule is CC1CCCCC1NC(=O)NC(=O)CN(C)CCCc1cc(-c2ccc(F)cc2)n[nH]1. The fourth-order valence-corrected chi connectivity index (χ4v) is 4.02. The normalized spacial score (nSPS) is 18.7. The number of carbonyl (C=O) groups is 2. The highest BCUT2D eigenvalue weighted by atomic mass is 19.1. The molecule has 2 aromatic rings. The number of nitrogens with zero attached hydrogens (tertiary/aromatic N) is 2. The number of amides is 3. The van der Waals surface area contributed by atoms with Crippen molar-refractivity contribution in [3.8, 4) is 11.3 Å². The van der Waals surface area contributed by atoms with Gasteiger partial charge in [-0.25, -0.2) is 9.18 Å². The molecule has 8 heteroatoms. The van der Waals surface area contributed by atoms with Crippen LogP contribution in [0.4, 0.5) is 9.18 Å². The van der Waals surface area contributed by atoms with E-state index in [0.29, 0.717) is 12.5 Å². The Bertz CT molecular complexity index is 867. The molecule has 31 heavy (non-hydrogen) atoms. The predicted octanol–water partition coefficient (Wildman–Crippen LogP) is 3.48. The summed E-state index contributed by atoms with van der Waals surface area (Å²) >= 11 is 0. The van der Waals surface area contributed by atoms with Crippen LogP contribution in [0, 0.1) is 11.7 Å². The lowest BCUT2D eigenvalue weighted by atomic mass is 9.86. The maximum Gasteiger partial charge on any atom is 0.321 e. The molecule has 3 rings (SSSR count). The molecule has 3 amide bonds. The van der Waals surface area contributed by atoms with Gasteiger partial charge in [-0.05, 0) is 75.5 Å². The molecule has 1 aliphatic rings. The van der Waals surface area contributed by atoms with E-state index in [-0.39, 0.29) is 24.3 Å². The van der Waals surface area contributed by atoms with E-state index in [1.807, 2.05) is 18.0 Å². The zero-order valence-corrected chi connectivity index (χ0v) is 18.3. The van der Waals surface area contributed by atoms with E-state index >= 15 is 0 Å². The zero-order chi connectivity index (χ0) is 22.2. The molecule has 7 nitrogen and oxygen atoms in total. The molecule has 1 heterocycles. The number of benzene rings is 1. The number of aryl methyl sites for hydroxylation is 1. The van der Waals surface area contributed by atoms with Crippen molar-refractivity contribution >= 4 is 11.9 Å². The van der Waals surface area contributed by atoms with Crippen LogP contribution < -0.4 is 10.6 Å². The number of carbonyl (C=O) groups excluding carboxylic acids is 2. The van der Waals surface area contributed by atoms with E-state index in [4.69, 9.17) is 0 Å². The Morgan fingerprint density at radius 1 is 1.23 bits per heavy atom. The predicted molar refractivity (Wildman–Crippen MR) is 118 cm³/mol. The van der Waals surface area contributed by atoms with Crippen molar-refractivity contribution in [1.29, 1.82) is 0 Å². The van der Waals surface area contributed by atoms with Crippen LogP contribution in [0.2, 0.25) is 0 Å². The summed E-state index contributed by atoms with van der Waals surface area (Å²) in [5, 5.41) is 12.7. The Hall–Kier alpha value is -2.74. The van der Waals surface area contributed by atoms with Crippen molar-refractivity contribution in [2.75, 3.05) is 20.1 Å². The molecule has 0 aliphatic heterocycles. The van der Waals surface area contributed by atoms with Crippen molar-refractivity contribution in [2.45, 2.75) is 51.5 Å². The molecule has 0 saturated heterocycles. The molecule has 1 aromatic heterocycles. The summed E-state index contributed by atoms with van der Waals surface area (Å²) in [6.07, 6.45) is 6.02. The molecule has 1 saturated carbocycles. The molecule has 2 atom stereocenters. The summed E-state index contributed by atoms with van der Waals surface area (Å²) in [6, 6.07) is 7.94. The number of halogens is 1. The first-order valence-corrected chi connectivity index (χ1v) is 11.0. The number of likely N-dealkylation sites (N-methyl/N-ethyl adjacent to an activating group) is 1. The number of aromatic amines is 1. The van der Waals surface area contributed by atoms with Gasteiger partial charge in [0.2, 0.25) is 5.91 Å². The van der Waals surface area contributed by atoms with Gasteiger partial charge in [0.1, 0.15) is 5.82 Å². The van der Waals surface area contributed by atoms with Crippen molar-refractivity contribution < 1.29 is 14.0 Å². The molecule has 0 spiro atoms. The molecule has 0 radical (unpaired) electrons. The number of imide groups is 1. The molecule has 1 aromatic carbocycles. The molecule has 3 N–H and O–H groups in total. The molecule has 0 bridgehead atoms. The van der Waals surface area contributed by atoms with Crippen LogP contribution in [0.5, 0.6) is 0 Å². The summed E-state index contributed by atoms with van der Waals surface area (Å²) in [6.45, 7) is 3.01. The highest BCUT2D eigenvalue weighted by Gasteiger charge is 2.23. The van der Waals surface area contributed by atoms with Crippen LogP contribution in [0.1, 0.15) is 44.7 Å².